The zero-order chi connectivity index (χ0) is 21.4. The van der Waals surface area contributed by atoms with Gasteiger partial charge in [0, 0.05) is 11.1 Å². The van der Waals surface area contributed by atoms with Crippen LogP contribution in [0.3, 0.4) is 0 Å². The van der Waals surface area contributed by atoms with Gasteiger partial charge in [-0.15, -0.1) is 0 Å². The molecular formula is C20H20FN3O4S. The van der Waals surface area contributed by atoms with Gasteiger partial charge in [0.25, 0.3) is 5.91 Å². The van der Waals surface area contributed by atoms with Crippen molar-refractivity contribution in [3.05, 3.63) is 71.0 Å². The molecule has 2 aromatic carbocycles. The van der Waals surface area contributed by atoms with Crippen LogP contribution in [0.4, 0.5) is 4.39 Å². The van der Waals surface area contributed by atoms with Crippen molar-refractivity contribution in [1.82, 2.24) is 10.6 Å². The third-order valence-electron chi connectivity index (χ3n) is 4.07. The standard InChI is InChI=1S/C20H20FN3O4S/c1-14-6-5-9-16(18(14)21)12-29(27,28)13-17(20(26)23-11-10-22)24-19(25)15-7-3-2-4-8-15/h2-9,17H,11-13H2,1H3,(H,23,26)(H,24,25)/t17-/m0/s1. The van der Waals surface area contributed by atoms with E-state index in [0.29, 0.717) is 5.56 Å². The number of amides is 2. The van der Waals surface area contributed by atoms with Crippen molar-refractivity contribution in [2.45, 2.75) is 18.7 Å². The number of rotatable bonds is 8. The molecule has 2 aromatic rings. The second-order valence-corrected chi connectivity index (χ2v) is 8.48. The number of hydrogen-bond acceptors (Lipinski definition) is 5. The topological polar surface area (TPSA) is 116 Å². The molecule has 0 fully saturated rings. The van der Waals surface area contributed by atoms with Crippen LogP contribution in [0.5, 0.6) is 0 Å². The lowest BCUT2D eigenvalue weighted by molar-refractivity contribution is -0.122. The molecule has 9 heteroatoms. The average Bonchev–Trinajstić information content (AvgIpc) is 2.69. The quantitative estimate of drug-likeness (QED) is 0.631. The number of hydrogen-bond donors (Lipinski definition) is 2. The Morgan fingerprint density at radius 2 is 1.83 bits per heavy atom. The molecule has 152 valence electrons. The van der Waals surface area contributed by atoms with Crippen molar-refractivity contribution >= 4 is 21.7 Å². The highest BCUT2D eigenvalue weighted by Crippen LogP contribution is 2.16. The number of benzene rings is 2. The molecule has 29 heavy (non-hydrogen) atoms. The van der Waals surface area contributed by atoms with Gasteiger partial charge in [-0.2, -0.15) is 5.26 Å². The fourth-order valence-electron chi connectivity index (χ4n) is 2.63. The van der Waals surface area contributed by atoms with Gasteiger partial charge in [-0.3, -0.25) is 9.59 Å². The second kappa shape index (κ2) is 9.80. The number of sulfone groups is 1. The molecule has 0 unspecified atom stereocenters. The van der Waals surface area contributed by atoms with E-state index < -0.39 is 45.0 Å². The summed E-state index contributed by atoms with van der Waals surface area (Å²) in [6.07, 6.45) is 0. The molecule has 0 saturated carbocycles. The average molecular weight is 417 g/mol. The lowest BCUT2D eigenvalue weighted by atomic mass is 10.1. The summed E-state index contributed by atoms with van der Waals surface area (Å²) in [4.78, 5) is 24.7. The zero-order valence-electron chi connectivity index (χ0n) is 15.7. The Labute approximate surface area is 168 Å². The van der Waals surface area contributed by atoms with Gasteiger partial charge in [0.05, 0.1) is 17.6 Å². The summed E-state index contributed by atoms with van der Waals surface area (Å²) in [6.45, 7) is 1.17. The largest absolute Gasteiger partial charge is 0.341 e. The summed E-state index contributed by atoms with van der Waals surface area (Å²) in [5.74, 6) is -3.45. The number of carbonyl (C=O) groups excluding carboxylic acids is 2. The molecule has 1 atom stereocenters. The van der Waals surface area contributed by atoms with Gasteiger partial charge >= 0.3 is 0 Å². The van der Waals surface area contributed by atoms with E-state index in [1.165, 1.54) is 37.3 Å². The van der Waals surface area contributed by atoms with Crippen LogP contribution >= 0.6 is 0 Å². The van der Waals surface area contributed by atoms with Crippen molar-refractivity contribution in [2.75, 3.05) is 12.3 Å². The molecular weight excluding hydrogens is 397 g/mol. The normalized spacial score (nSPS) is 11.9. The minimum absolute atomic E-state index is 0.0180. The van der Waals surface area contributed by atoms with Gasteiger partial charge in [-0.05, 0) is 24.6 Å². The van der Waals surface area contributed by atoms with Gasteiger partial charge < -0.3 is 10.6 Å². The maximum atomic E-state index is 14.2. The second-order valence-electron chi connectivity index (χ2n) is 6.37. The molecule has 2 amide bonds. The Morgan fingerprint density at radius 3 is 2.48 bits per heavy atom. The van der Waals surface area contributed by atoms with Crippen molar-refractivity contribution < 1.29 is 22.4 Å². The van der Waals surface area contributed by atoms with E-state index in [9.17, 15) is 22.4 Å². The van der Waals surface area contributed by atoms with Gasteiger partial charge in [-0.1, -0.05) is 36.4 Å². The summed E-state index contributed by atoms with van der Waals surface area (Å²) < 4.78 is 39.4. The zero-order valence-corrected chi connectivity index (χ0v) is 16.5. The van der Waals surface area contributed by atoms with Crippen molar-refractivity contribution in [2.24, 2.45) is 0 Å². The maximum absolute atomic E-state index is 14.2. The van der Waals surface area contributed by atoms with Crippen molar-refractivity contribution in [3.8, 4) is 6.07 Å². The molecule has 0 aliphatic rings. The van der Waals surface area contributed by atoms with E-state index >= 15 is 0 Å². The minimum Gasteiger partial charge on any atom is -0.341 e. The molecule has 0 heterocycles. The summed E-state index contributed by atoms with van der Waals surface area (Å²) in [5, 5.41) is 13.2. The number of nitrogens with one attached hydrogen (secondary N) is 2. The van der Waals surface area contributed by atoms with Gasteiger partial charge in [-0.25, -0.2) is 12.8 Å². The maximum Gasteiger partial charge on any atom is 0.251 e. The molecule has 7 nitrogen and oxygen atoms in total. The van der Waals surface area contributed by atoms with E-state index in [-0.39, 0.29) is 17.7 Å². The highest BCUT2D eigenvalue weighted by atomic mass is 32.2. The fraction of sp³-hybridized carbons (Fsp3) is 0.250. The molecule has 0 spiro atoms. The van der Waals surface area contributed by atoms with Crippen LogP contribution in [0.1, 0.15) is 21.5 Å². The Kier molecular flexibility index (Phi) is 7.45. The van der Waals surface area contributed by atoms with Gasteiger partial charge in [0.2, 0.25) is 5.91 Å². The summed E-state index contributed by atoms with van der Waals surface area (Å²) >= 11 is 0. The Morgan fingerprint density at radius 1 is 1.14 bits per heavy atom. The molecule has 2 rings (SSSR count). The van der Waals surface area contributed by atoms with Crippen LogP contribution < -0.4 is 10.6 Å². The van der Waals surface area contributed by atoms with Crippen LogP contribution in [-0.2, 0) is 20.4 Å². The highest BCUT2D eigenvalue weighted by Gasteiger charge is 2.28. The third-order valence-corrected chi connectivity index (χ3v) is 5.66. The fourth-order valence-corrected chi connectivity index (χ4v) is 4.19. The highest BCUT2D eigenvalue weighted by molar-refractivity contribution is 7.90. The first-order valence-electron chi connectivity index (χ1n) is 8.68. The molecule has 0 aliphatic heterocycles. The first kappa shape index (κ1) is 22.0. The number of nitriles is 1. The monoisotopic (exact) mass is 417 g/mol. The molecule has 0 aliphatic carbocycles. The predicted octanol–water partition coefficient (Wildman–Crippen LogP) is 1.49. The van der Waals surface area contributed by atoms with E-state index in [2.05, 4.69) is 10.6 Å². The summed E-state index contributed by atoms with van der Waals surface area (Å²) in [5.41, 5.74) is 0.529. The van der Waals surface area contributed by atoms with Crippen LogP contribution in [0.25, 0.3) is 0 Å². The number of carbonyl (C=O) groups is 2. The number of aryl methyl sites for hydroxylation is 1. The van der Waals surface area contributed by atoms with Crippen LogP contribution in [0, 0.1) is 24.1 Å². The van der Waals surface area contributed by atoms with E-state index in [1.54, 1.807) is 24.3 Å². The molecule has 2 N–H and O–H groups in total. The van der Waals surface area contributed by atoms with Crippen LogP contribution in [-0.4, -0.2) is 38.6 Å². The number of halogens is 1. The minimum atomic E-state index is -3.97. The summed E-state index contributed by atoms with van der Waals surface area (Å²) in [6, 6.07) is 12.7. The van der Waals surface area contributed by atoms with Crippen molar-refractivity contribution in [1.29, 1.82) is 5.26 Å². The Balaban J connectivity index is 2.21. The third kappa shape index (κ3) is 6.40. The lowest BCUT2D eigenvalue weighted by Gasteiger charge is -2.18. The van der Waals surface area contributed by atoms with Gasteiger partial charge in [0.15, 0.2) is 9.84 Å². The molecule has 0 radical (unpaired) electrons. The van der Waals surface area contributed by atoms with Crippen LogP contribution in [0.15, 0.2) is 48.5 Å². The molecule has 0 aromatic heterocycles. The predicted molar refractivity (Wildman–Crippen MR) is 105 cm³/mol. The smallest absolute Gasteiger partial charge is 0.251 e. The number of nitrogens with zero attached hydrogens (tertiary/aromatic N) is 1. The molecule has 0 saturated heterocycles. The first-order valence-corrected chi connectivity index (χ1v) is 10.5. The van der Waals surface area contributed by atoms with E-state index in [4.69, 9.17) is 5.26 Å². The Hall–Kier alpha value is -3.25. The summed E-state index contributed by atoms with van der Waals surface area (Å²) in [7, 11) is -3.97. The SMILES string of the molecule is Cc1cccc(CS(=O)(=O)C[C@H](NC(=O)c2ccccc2)C(=O)NCC#N)c1F. The lowest BCUT2D eigenvalue weighted by Crippen LogP contribution is -2.50. The Bertz CT molecular complexity index is 1030. The van der Waals surface area contributed by atoms with E-state index in [0.717, 1.165) is 0 Å². The van der Waals surface area contributed by atoms with E-state index in [1.807, 2.05) is 0 Å². The van der Waals surface area contributed by atoms with Gasteiger partial charge in [0.1, 0.15) is 18.4 Å². The molecule has 0 bridgehead atoms. The van der Waals surface area contributed by atoms with Crippen molar-refractivity contribution in [3.63, 3.8) is 0 Å². The first-order chi connectivity index (χ1) is 13.7. The van der Waals surface area contributed by atoms with Crippen LogP contribution in [0.2, 0.25) is 0 Å².